The van der Waals surface area contributed by atoms with Crippen molar-refractivity contribution in [3.63, 3.8) is 0 Å². The molecule has 0 saturated heterocycles. The Morgan fingerprint density at radius 2 is 0.667 bits per heavy atom. The first-order valence-corrected chi connectivity index (χ1v) is 26.5. The lowest BCUT2D eigenvalue weighted by atomic mass is 9.78. The Morgan fingerprint density at radius 3 is 1.04 bits per heavy atom. The van der Waals surface area contributed by atoms with Gasteiger partial charge in [-0.05, 0) is 162 Å². The van der Waals surface area contributed by atoms with Gasteiger partial charge in [0.05, 0.1) is 0 Å². The fourth-order valence-electron chi connectivity index (χ4n) is 8.94. The first-order valence-electron chi connectivity index (χ1n) is 18.5. The molecule has 0 aromatic heterocycles. The van der Waals surface area contributed by atoms with Gasteiger partial charge in [0.2, 0.25) is 0 Å². The van der Waals surface area contributed by atoms with Crippen LogP contribution in [0.1, 0.15) is 0 Å². The third-order valence-electron chi connectivity index (χ3n) is 11.7. The number of hydrogen-bond acceptors (Lipinski definition) is 2. The summed E-state index contributed by atoms with van der Waals surface area (Å²) in [4.78, 5) is 0. The highest BCUT2D eigenvalue weighted by Crippen LogP contribution is 2.53. The van der Waals surface area contributed by atoms with E-state index in [1.807, 2.05) is 50.9 Å². The molecule has 264 valence electrons. The van der Waals surface area contributed by atoms with Gasteiger partial charge in [0.15, 0.2) is 0 Å². The number of rotatable bonds is 6. The monoisotopic (exact) mass is 754 g/mol. The molecule has 0 spiro atoms. The molecule has 0 fully saturated rings. The number of hydrogen-bond donors (Lipinski definition) is 0. The minimum absolute atomic E-state index is 0.895. The van der Waals surface area contributed by atoms with Crippen molar-refractivity contribution in [2.24, 2.45) is 0 Å². The Bertz CT molecular complexity index is 3080. The maximum atomic E-state index is 13.0. The summed E-state index contributed by atoms with van der Waals surface area (Å²) < 4.78 is 26.0. The average Bonchev–Trinajstić information content (AvgIpc) is 3.15. The standard InChI is InChI=1S/C49H41O2P3/c1-52(2,3)35-17-8-29(9-18-35)42-27-34-28-43(31-12-21-37(22-13-31)54(6,7)51)39-24-15-32-14-23-38-41(30-10-19-36(20-11-30)53(4,5)50)26-33-16-25-40(42)49-45(33)47(38)44(32)48(39)46(34)49/h8-28H,1H2,2-7H3. The Kier molecular flexibility index (Phi) is 7.15. The number of benzene rings is 10. The largest absolute Gasteiger partial charge is 0.319 e. The van der Waals surface area contributed by atoms with Crippen LogP contribution in [0.25, 0.3) is 98.0 Å². The van der Waals surface area contributed by atoms with Crippen LogP contribution in [0.4, 0.5) is 0 Å². The molecule has 0 saturated carbocycles. The highest BCUT2D eigenvalue weighted by Gasteiger charge is 2.25. The molecule has 0 heterocycles. The summed E-state index contributed by atoms with van der Waals surface area (Å²) in [6.07, 6.45) is 4.50. The normalized spacial score (nSPS) is 13.2. The minimum Gasteiger partial charge on any atom is -0.319 e. The Labute approximate surface area is 316 Å². The molecule has 10 aromatic rings. The average molecular weight is 755 g/mol. The van der Waals surface area contributed by atoms with Crippen molar-refractivity contribution >= 4 is 108 Å². The van der Waals surface area contributed by atoms with Crippen LogP contribution in [0.3, 0.4) is 0 Å². The van der Waals surface area contributed by atoms with Gasteiger partial charge in [-0.1, -0.05) is 122 Å². The van der Waals surface area contributed by atoms with Crippen molar-refractivity contribution in [1.82, 2.24) is 0 Å². The van der Waals surface area contributed by atoms with Gasteiger partial charge in [0.25, 0.3) is 0 Å². The third-order valence-corrected chi connectivity index (χ3v) is 16.5. The molecule has 2 nitrogen and oxygen atoms in total. The molecule has 5 heteroatoms. The molecule has 0 aliphatic heterocycles. The predicted octanol–water partition coefficient (Wildman–Crippen LogP) is 12.8. The first-order chi connectivity index (χ1) is 25.7. The maximum absolute atomic E-state index is 13.0. The van der Waals surface area contributed by atoms with Crippen LogP contribution in [0.15, 0.2) is 127 Å². The zero-order chi connectivity index (χ0) is 37.5. The summed E-state index contributed by atoms with van der Waals surface area (Å²) in [5, 5.41) is 18.3. The highest BCUT2D eigenvalue weighted by molar-refractivity contribution is 7.79. The van der Waals surface area contributed by atoms with E-state index in [4.69, 9.17) is 0 Å². The molecular weight excluding hydrogens is 713 g/mol. The van der Waals surface area contributed by atoms with E-state index in [0.717, 1.165) is 21.7 Å². The van der Waals surface area contributed by atoms with Crippen LogP contribution in [0.5, 0.6) is 0 Å². The van der Waals surface area contributed by atoms with E-state index in [-0.39, 0.29) is 0 Å². The van der Waals surface area contributed by atoms with Gasteiger partial charge in [0.1, 0.15) is 14.3 Å². The topological polar surface area (TPSA) is 34.1 Å². The second kappa shape index (κ2) is 11.4. The summed E-state index contributed by atoms with van der Waals surface area (Å²) in [6.45, 7) is 10.5. The van der Waals surface area contributed by atoms with E-state index in [0.29, 0.717) is 0 Å². The van der Waals surface area contributed by atoms with E-state index in [1.54, 1.807) is 0 Å². The molecule has 0 amide bonds. The van der Waals surface area contributed by atoms with Gasteiger partial charge in [-0.3, -0.25) is 0 Å². The van der Waals surface area contributed by atoms with Crippen molar-refractivity contribution in [1.29, 1.82) is 0 Å². The van der Waals surface area contributed by atoms with Crippen LogP contribution >= 0.6 is 21.2 Å². The molecule has 0 atom stereocenters. The Balaban J connectivity index is 1.37. The zero-order valence-corrected chi connectivity index (χ0v) is 34.2. The molecule has 0 unspecified atom stereocenters. The summed E-state index contributed by atoms with van der Waals surface area (Å²) in [7, 11) is -4.77. The van der Waals surface area contributed by atoms with Crippen LogP contribution in [-0.2, 0) is 9.13 Å². The van der Waals surface area contributed by atoms with E-state index >= 15 is 0 Å². The fourth-order valence-corrected chi connectivity index (χ4v) is 11.6. The minimum atomic E-state index is -2.39. The van der Waals surface area contributed by atoms with Crippen molar-refractivity contribution in [3.05, 3.63) is 127 Å². The van der Waals surface area contributed by atoms with Gasteiger partial charge >= 0.3 is 0 Å². The van der Waals surface area contributed by atoms with E-state index in [2.05, 4.69) is 123 Å². The Hall–Kier alpha value is -4.70. The lowest BCUT2D eigenvalue weighted by molar-refractivity contribution is 0.587. The molecule has 0 N–H and O–H groups in total. The summed E-state index contributed by atoms with van der Waals surface area (Å²) in [6, 6.07) is 46.9. The lowest BCUT2D eigenvalue weighted by Gasteiger charge is -2.25. The Morgan fingerprint density at radius 1 is 0.352 bits per heavy atom. The van der Waals surface area contributed by atoms with Gasteiger partial charge in [-0.15, -0.1) is 0 Å². The molecule has 0 radical (unpaired) electrons. The molecule has 0 aliphatic rings. The van der Waals surface area contributed by atoms with Gasteiger partial charge in [-0.25, -0.2) is 0 Å². The van der Waals surface area contributed by atoms with Crippen molar-refractivity contribution in [2.45, 2.75) is 0 Å². The van der Waals surface area contributed by atoms with Crippen LogP contribution < -0.4 is 15.9 Å². The van der Waals surface area contributed by atoms with Crippen molar-refractivity contribution in [3.8, 4) is 33.4 Å². The van der Waals surface area contributed by atoms with E-state index in [9.17, 15) is 9.13 Å². The second-order valence-electron chi connectivity index (χ2n) is 16.6. The van der Waals surface area contributed by atoms with Crippen molar-refractivity contribution in [2.75, 3.05) is 40.0 Å². The van der Waals surface area contributed by atoms with E-state index < -0.39 is 21.2 Å². The smallest absolute Gasteiger partial charge is 0.109 e. The lowest BCUT2D eigenvalue weighted by Crippen LogP contribution is -2.02. The summed E-state index contributed by atoms with van der Waals surface area (Å²) in [5.41, 5.74) is 7.04. The van der Waals surface area contributed by atoms with Crippen LogP contribution in [0.2, 0.25) is 0 Å². The molecule has 54 heavy (non-hydrogen) atoms. The van der Waals surface area contributed by atoms with Crippen LogP contribution in [0, 0.1) is 0 Å². The maximum Gasteiger partial charge on any atom is 0.109 e. The second-order valence-corrected chi connectivity index (χ2v) is 26.9. The quantitative estimate of drug-likeness (QED) is 0.0962. The fraction of sp³-hybridized carbons (Fsp3) is 0.122. The molecular formula is C49H41O2P3. The SMILES string of the molecule is C=P(C)(C)c1ccc(-c2cc3cc(-c4ccc(P(C)(C)=O)cc4)c4ccc5ccc6c(-c7ccc(P(C)(C)=O)cc7)cc7ccc2c2c7c6c5c4c32)cc1. The zero-order valence-electron chi connectivity index (χ0n) is 31.5. The van der Waals surface area contributed by atoms with Crippen LogP contribution in [-0.4, -0.2) is 46.3 Å². The molecule has 0 bridgehead atoms. The van der Waals surface area contributed by atoms with E-state index in [1.165, 1.54) is 92.2 Å². The molecule has 0 aliphatic carbocycles. The first kappa shape index (κ1) is 33.8. The summed E-state index contributed by atoms with van der Waals surface area (Å²) in [5.74, 6) is 0. The van der Waals surface area contributed by atoms with Crippen molar-refractivity contribution < 1.29 is 9.13 Å². The molecule has 10 aromatic carbocycles. The molecule has 10 rings (SSSR count). The highest BCUT2D eigenvalue weighted by atomic mass is 31.2. The summed E-state index contributed by atoms with van der Waals surface area (Å²) >= 11 is 0. The van der Waals surface area contributed by atoms with Gasteiger partial charge in [0, 0.05) is 10.6 Å². The predicted molar refractivity (Wildman–Crippen MR) is 245 cm³/mol. The van der Waals surface area contributed by atoms with Gasteiger partial charge < -0.3 is 9.13 Å². The van der Waals surface area contributed by atoms with Gasteiger partial charge in [-0.2, -0.15) is 0 Å². The third kappa shape index (κ3) is 5.01.